The molecular formula is C22H21P. The second-order valence-corrected chi connectivity index (χ2v) is 7.89. The normalized spacial score (nSPS) is 11.7. The van der Waals surface area contributed by atoms with Gasteiger partial charge in [0.05, 0.1) is 0 Å². The van der Waals surface area contributed by atoms with E-state index in [4.69, 9.17) is 0 Å². The molecule has 0 spiro atoms. The van der Waals surface area contributed by atoms with Crippen LogP contribution in [0.3, 0.4) is 0 Å². The zero-order valence-electron chi connectivity index (χ0n) is 13.6. The molecule has 0 aliphatic rings. The molecule has 0 aliphatic heterocycles. The highest BCUT2D eigenvalue weighted by atomic mass is 31.1. The summed E-state index contributed by atoms with van der Waals surface area (Å²) >= 11 is 0. The summed E-state index contributed by atoms with van der Waals surface area (Å²) in [6.45, 7) is 4.64. The lowest BCUT2D eigenvalue weighted by molar-refractivity contribution is 1.51. The highest BCUT2D eigenvalue weighted by molar-refractivity contribution is 7.69. The Morgan fingerprint density at radius 2 is 1.00 bits per heavy atom. The molecule has 0 nitrogen and oxygen atoms in total. The van der Waals surface area contributed by atoms with Gasteiger partial charge in [-0.25, -0.2) is 0 Å². The molecule has 1 heteroatoms. The maximum absolute atomic E-state index is 2.35. The zero-order chi connectivity index (χ0) is 16.1. The number of hydrogen-bond donors (Lipinski definition) is 0. The summed E-state index contributed by atoms with van der Waals surface area (Å²) in [7, 11) is -0.344. The van der Waals surface area contributed by atoms with Crippen LogP contribution in [0.25, 0.3) is 5.57 Å². The summed E-state index contributed by atoms with van der Waals surface area (Å²) in [5, 5.41) is 2.88. The Balaban J connectivity index is 2.14. The van der Waals surface area contributed by atoms with E-state index < -0.39 is 0 Å². The van der Waals surface area contributed by atoms with Crippen LogP contribution in [-0.2, 0) is 0 Å². The van der Waals surface area contributed by atoms with Crippen LogP contribution in [0.4, 0.5) is 0 Å². The molecule has 1 unspecified atom stereocenters. The lowest BCUT2D eigenvalue weighted by Gasteiger charge is -2.20. The van der Waals surface area contributed by atoms with Crippen LogP contribution >= 0.6 is 7.92 Å². The first-order chi connectivity index (χ1) is 11.3. The molecule has 0 saturated heterocycles. The monoisotopic (exact) mass is 316 g/mol. The van der Waals surface area contributed by atoms with Gasteiger partial charge in [0.2, 0.25) is 0 Å². The van der Waals surface area contributed by atoms with Crippen molar-refractivity contribution in [3.05, 3.63) is 107 Å². The van der Waals surface area contributed by atoms with Crippen LogP contribution in [0.1, 0.15) is 18.1 Å². The Kier molecular flexibility index (Phi) is 5.05. The molecule has 0 N–H and O–H groups in total. The molecule has 114 valence electrons. The van der Waals surface area contributed by atoms with E-state index in [0.717, 1.165) is 0 Å². The zero-order valence-corrected chi connectivity index (χ0v) is 14.5. The fourth-order valence-electron chi connectivity index (χ4n) is 2.81. The van der Waals surface area contributed by atoms with Crippen molar-refractivity contribution in [2.45, 2.75) is 6.92 Å². The molecule has 3 aromatic rings. The van der Waals surface area contributed by atoms with Crippen LogP contribution in [0.5, 0.6) is 0 Å². The van der Waals surface area contributed by atoms with Gasteiger partial charge in [-0.05, 0) is 40.9 Å². The van der Waals surface area contributed by atoms with Crippen molar-refractivity contribution in [3.63, 3.8) is 0 Å². The highest BCUT2D eigenvalue weighted by Crippen LogP contribution is 2.45. The molecule has 0 fully saturated rings. The maximum Gasteiger partial charge on any atom is -0.00743 e. The van der Waals surface area contributed by atoms with Gasteiger partial charge in [-0.1, -0.05) is 98.9 Å². The maximum atomic E-state index is 2.35. The first kappa shape index (κ1) is 15.7. The summed E-state index contributed by atoms with van der Waals surface area (Å²) in [6.07, 6.45) is 0. The van der Waals surface area contributed by atoms with Crippen LogP contribution < -0.4 is 5.30 Å². The smallest absolute Gasteiger partial charge is 0.00743 e. The molecule has 3 aromatic carbocycles. The van der Waals surface area contributed by atoms with E-state index in [1.807, 2.05) is 0 Å². The topological polar surface area (TPSA) is 0 Å². The first-order valence-electron chi connectivity index (χ1n) is 7.88. The van der Waals surface area contributed by atoms with Crippen molar-refractivity contribution < 1.29 is 0 Å². The third-order valence-corrected chi connectivity index (χ3v) is 6.44. The summed E-state index contributed by atoms with van der Waals surface area (Å²) in [6, 6.07) is 32.3. The van der Waals surface area contributed by atoms with E-state index in [0.29, 0.717) is 0 Å². The number of hydrogen-bond acceptors (Lipinski definition) is 0. The molecule has 0 heterocycles. The Morgan fingerprint density at radius 1 is 0.609 bits per heavy atom. The van der Waals surface area contributed by atoms with Crippen molar-refractivity contribution in [2.24, 2.45) is 0 Å². The summed E-state index contributed by atoms with van der Waals surface area (Å²) in [5.41, 5.74) is 3.95. The quantitative estimate of drug-likeness (QED) is 0.525. The molecule has 0 aromatic heterocycles. The standard InChI is InChI=1S/C22H21P/c1-18(23(2)21-16-10-5-11-17-21)22(19-12-6-3-7-13-19)20-14-8-4-9-15-20/h3-17H,1-2H3. The molecule has 1 atom stereocenters. The van der Waals surface area contributed by atoms with E-state index in [-0.39, 0.29) is 7.92 Å². The van der Waals surface area contributed by atoms with Crippen molar-refractivity contribution >= 4 is 18.8 Å². The Labute approximate surface area is 140 Å². The first-order valence-corrected chi connectivity index (χ1v) is 9.67. The van der Waals surface area contributed by atoms with Gasteiger partial charge in [0.15, 0.2) is 0 Å². The van der Waals surface area contributed by atoms with Gasteiger partial charge in [0.1, 0.15) is 0 Å². The van der Waals surface area contributed by atoms with Gasteiger partial charge in [0, 0.05) is 0 Å². The van der Waals surface area contributed by atoms with Crippen LogP contribution in [0, 0.1) is 0 Å². The molecule has 0 bridgehead atoms. The molecule has 0 radical (unpaired) electrons. The summed E-state index contributed by atoms with van der Waals surface area (Å²) < 4.78 is 0. The fourth-order valence-corrected chi connectivity index (χ4v) is 4.41. The van der Waals surface area contributed by atoms with E-state index in [1.54, 1.807) is 0 Å². The third-order valence-electron chi connectivity index (χ3n) is 4.13. The third kappa shape index (κ3) is 3.60. The van der Waals surface area contributed by atoms with Gasteiger partial charge in [-0.3, -0.25) is 0 Å². The van der Waals surface area contributed by atoms with Crippen molar-refractivity contribution in [3.8, 4) is 0 Å². The van der Waals surface area contributed by atoms with Crippen molar-refractivity contribution in [1.29, 1.82) is 0 Å². The van der Waals surface area contributed by atoms with Crippen molar-refractivity contribution in [1.82, 2.24) is 0 Å². The Bertz CT molecular complexity index is 732. The minimum atomic E-state index is -0.344. The Hall–Kier alpha value is -2.17. The number of benzene rings is 3. The predicted molar refractivity (Wildman–Crippen MR) is 104 cm³/mol. The summed E-state index contributed by atoms with van der Waals surface area (Å²) in [5.74, 6) is 0. The molecule has 0 amide bonds. The Morgan fingerprint density at radius 3 is 1.43 bits per heavy atom. The molecular weight excluding hydrogens is 295 g/mol. The van der Waals surface area contributed by atoms with Gasteiger partial charge < -0.3 is 0 Å². The largest absolute Gasteiger partial charge is 0.0622 e. The minimum absolute atomic E-state index is 0.344. The van der Waals surface area contributed by atoms with Gasteiger partial charge in [-0.2, -0.15) is 0 Å². The number of rotatable bonds is 4. The molecule has 0 aliphatic carbocycles. The predicted octanol–water partition coefficient (Wildman–Crippen LogP) is 5.90. The molecule has 23 heavy (non-hydrogen) atoms. The average molecular weight is 316 g/mol. The van der Waals surface area contributed by atoms with E-state index in [1.165, 1.54) is 27.3 Å². The summed E-state index contributed by atoms with van der Waals surface area (Å²) in [4.78, 5) is 0. The van der Waals surface area contributed by atoms with Gasteiger partial charge >= 0.3 is 0 Å². The van der Waals surface area contributed by atoms with E-state index >= 15 is 0 Å². The fraction of sp³-hybridized carbons (Fsp3) is 0.0909. The van der Waals surface area contributed by atoms with Crippen LogP contribution in [0.2, 0.25) is 0 Å². The lowest BCUT2D eigenvalue weighted by atomic mass is 9.98. The highest BCUT2D eigenvalue weighted by Gasteiger charge is 2.14. The van der Waals surface area contributed by atoms with E-state index in [2.05, 4.69) is 105 Å². The van der Waals surface area contributed by atoms with Crippen LogP contribution in [-0.4, -0.2) is 6.66 Å². The SMILES string of the molecule is CC(=C(c1ccccc1)c1ccccc1)P(C)c1ccccc1. The lowest BCUT2D eigenvalue weighted by Crippen LogP contribution is -2.01. The average Bonchev–Trinajstić information content (AvgIpc) is 2.64. The van der Waals surface area contributed by atoms with Gasteiger partial charge in [0.25, 0.3) is 0 Å². The number of allylic oxidation sites excluding steroid dienone is 1. The minimum Gasteiger partial charge on any atom is -0.0622 e. The molecule has 0 saturated carbocycles. The van der Waals surface area contributed by atoms with E-state index in [9.17, 15) is 0 Å². The van der Waals surface area contributed by atoms with Crippen molar-refractivity contribution in [2.75, 3.05) is 6.66 Å². The molecule has 3 rings (SSSR count). The van der Waals surface area contributed by atoms with Gasteiger partial charge in [-0.15, -0.1) is 0 Å². The van der Waals surface area contributed by atoms with Crippen LogP contribution in [0.15, 0.2) is 96.3 Å². The second-order valence-electron chi connectivity index (χ2n) is 5.59. The second kappa shape index (κ2) is 7.40.